The van der Waals surface area contributed by atoms with Gasteiger partial charge in [0, 0.05) is 6.04 Å². The molecule has 18 heavy (non-hydrogen) atoms. The number of hydrogen-bond acceptors (Lipinski definition) is 1. The molecule has 0 saturated carbocycles. The summed E-state index contributed by atoms with van der Waals surface area (Å²) in [5.41, 5.74) is 1.46. The third-order valence-electron chi connectivity index (χ3n) is 3.80. The molecule has 1 aromatic rings. The van der Waals surface area contributed by atoms with Gasteiger partial charge in [0.1, 0.15) is 8.24 Å². The fourth-order valence-electron chi connectivity index (χ4n) is 2.40. The Bertz CT molecular complexity index is 340. The maximum Gasteiger partial charge on any atom is 0.119 e. The van der Waals surface area contributed by atoms with Gasteiger partial charge >= 0.3 is 0 Å². The Morgan fingerprint density at radius 2 is 1.56 bits per heavy atom. The van der Waals surface area contributed by atoms with Crippen LogP contribution in [-0.2, 0) is 6.42 Å². The molecule has 0 spiro atoms. The molecule has 0 N–H and O–H groups in total. The van der Waals surface area contributed by atoms with E-state index in [4.69, 9.17) is 0 Å². The molecule has 2 heteroatoms. The van der Waals surface area contributed by atoms with Crippen LogP contribution in [0.5, 0.6) is 0 Å². The molecule has 1 nitrogen and oxygen atoms in total. The van der Waals surface area contributed by atoms with Crippen molar-refractivity contribution in [3.63, 3.8) is 0 Å². The van der Waals surface area contributed by atoms with Gasteiger partial charge in [-0.05, 0) is 31.4 Å². The van der Waals surface area contributed by atoms with Crippen LogP contribution in [-0.4, -0.2) is 25.4 Å². The number of hydrogen-bond donors (Lipinski definition) is 0. The van der Waals surface area contributed by atoms with Gasteiger partial charge < -0.3 is 4.57 Å². The first-order valence-electron chi connectivity index (χ1n) is 7.13. The van der Waals surface area contributed by atoms with Crippen LogP contribution in [0.2, 0.25) is 19.6 Å². The largest absolute Gasteiger partial charge is 0.321 e. The summed E-state index contributed by atoms with van der Waals surface area (Å²) < 4.78 is 2.77. The minimum absolute atomic E-state index is 0.681. The van der Waals surface area contributed by atoms with Crippen LogP contribution in [0.1, 0.15) is 26.3 Å². The summed E-state index contributed by atoms with van der Waals surface area (Å²) in [7, 11) is -1.23. The molecule has 0 aliphatic rings. The molecule has 0 aliphatic heterocycles. The lowest BCUT2D eigenvalue weighted by molar-refractivity contribution is 0.272. The molecule has 0 radical (unpaired) electrons. The smallest absolute Gasteiger partial charge is 0.119 e. The zero-order chi connectivity index (χ0) is 13.8. The van der Waals surface area contributed by atoms with Crippen molar-refractivity contribution in [1.82, 2.24) is 4.57 Å². The van der Waals surface area contributed by atoms with E-state index < -0.39 is 8.24 Å². The Morgan fingerprint density at radius 3 is 2.00 bits per heavy atom. The predicted molar refractivity (Wildman–Crippen MR) is 84.5 cm³/mol. The summed E-state index contributed by atoms with van der Waals surface area (Å²) in [5.74, 6) is 0.729. The van der Waals surface area contributed by atoms with Gasteiger partial charge in [0.25, 0.3) is 0 Å². The minimum Gasteiger partial charge on any atom is -0.321 e. The van der Waals surface area contributed by atoms with E-state index in [1.807, 2.05) is 0 Å². The topological polar surface area (TPSA) is 3.24 Å². The van der Waals surface area contributed by atoms with E-state index in [9.17, 15) is 0 Å². The number of nitrogens with zero attached hydrogens (tertiary/aromatic N) is 1. The van der Waals surface area contributed by atoms with Crippen LogP contribution in [0, 0.1) is 5.92 Å². The fourth-order valence-corrected chi connectivity index (χ4v) is 4.71. The maximum absolute atomic E-state index is 2.77. The Hall–Kier alpha value is -0.603. The Labute approximate surface area is 114 Å². The molecule has 1 aromatic carbocycles. The molecule has 0 bridgehead atoms. The average Bonchev–Trinajstić information content (AvgIpc) is 2.28. The second-order valence-corrected chi connectivity index (χ2v) is 11.5. The van der Waals surface area contributed by atoms with Gasteiger partial charge in [0.15, 0.2) is 0 Å². The van der Waals surface area contributed by atoms with Crippen LogP contribution in [0.25, 0.3) is 0 Å². The predicted octanol–water partition coefficient (Wildman–Crippen LogP) is 4.41. The SMILES string of the molecule is CC(C)C(C)N(CCc1ccccc1)[Si](C)(C)C. The van der Waals surface area contributed by atoms with Crippen molar-refractivity contribution < 1.29 is 0 Å². The average molecular weight is 264 g/mol. The quantitative estimate of drug-likeness (QED) is 0.687. The number of rotatable bonds is 6. The molecule has 0 saturated heterocycles. The van der Waals surface area contributed by atoms with Gasteiger partial charge in [-0.25, -0.2) is 0 Å². The lowest BCUT2D eigenvalue weighted by Gasteiger charge is -2.41. The van der Waals surface area contributed by atoms with Crippen molar-refractivity contribution in [3.8, 4) is 0 Å². The van der Waals surface area contributed by atoms with Gasteiger partial charge in [0.2, 0.25) is 0 Å². The lowest BCUT2D eigenvalue weighted by atomic mass is 10.1. The van der Waals surface area contributed by atoms with E-state index in [2.05, 4.69) is 75.3 Å². The van der Waals surface area contributed by atoms with E-state index in [1.165, 1.54) is 18.5 Å². The molecular formula is C16H29NSi. The van der Waals surface area contributed by atoms with Gasteiger partial charge in [-0.15, -0.1) is 0 Å². The molecule has 0 amide bonds. The van der Waals surface area contributed by atoms with E-state index in [0.717, 1.165) is 5.92 Å². The third-order valence-corrected chi connectivity index (χ3v) is 6.16. The van der Waals surface area contributed by atoms with E-state index in [-0.39, 0.29) is 0 Å². The molecular weight excluding hydrogens is 234 g/mol. The van der Waals surface area contributed by atoms with Gasteiger partial charge in [0.05, 0.1) is 0 Å². The van der Waals surface area contributed by atoms with Crippen molar-refractivity contribution in [1.29, 1.82) is 0 Å². The van der Waals surface area contributed by atoms with Crippen LogP contribution in [0.4, 0.5) is 0 Å². The monoisotopic (exact) mass is 263 g/mol. The molecule has 0 fully saturated rings. The van der Waals surface area contributed by atoms with E-state index in [1.54, 1.807) is 0 Å². The van der Waals surface area contributed by atoms with Crippen molar-refractivity contribution in [3.05, 3.63) is 35.9 Å². The first kappa shape index (κ1) is 15.5. The molecule has 1 rings (SSSR count). The molecule has 1 unspecified atom stereocenters. The lowest BCUT2D eigenvalue weighted by Crippen LogP contribution is -2.53. The summed E-state index contributed by atoms with van der Waals surface area (Å²) in [6, 6.07) is 11.5. The highest BCUT2D eigenvalue weighted by Crippen LogP contribution is 2.19. The van der Waals surface area contributed by atoms with Crippen molar-refractivity contribution >= 4 is 8.24 Å². The first-order chi connectivity index (χ1) is 8.32. The Balaban J connectivity index is 2.69. The summed E-state index contributed by atoms with van der Waals surface area (Å²) in [4.78, 5) is 0. The molecule has 102 valence electrons. The highest BCUT2D eigenvalue weighted by Gasteiger charge is 2.29. The summed E-state index contributed by atoms with van der Waals surface area (Å²) >= 11 is 0. The first-order valence-corrected chi connectivity index (χ1v) is 10.6. The Kier molecular flexibility index (Phi) is 5.61. The second-order valence-electron chi connectivity index (χ2n) is 6.58. The standard InChI is InChI=1S/C16H29NSi/c1-14(2)15(3)17(18(4,5)6)13-12-16-10-8-7-9-11-16/h7-11,14-15H,12-13H2,1-6H3. The van der Waals surface area contributed by atoms with Crippen LogP contribution in [0.15, 0.2) is 30.3 Å². The van der Waals surface area contributed by atoms with Gasteiger partial charge in [-0.1, -0.05) is 63.8 Å². The van der Waals surface area contributed by atoms with Crippen molar-refractivity contribution in [2.45, 2.75) is 52.9 Å². The van der Waals surface area contributed by atoms with Gasteiger partial charge in [-0.3, -0.25) is 0 Å². The second kappa shape index (κ2) is 6.53. The minimum atomic E-state index is -1.23. The molecule has 1 atom stereocenters. The highest BCUT2D eigenvalue weighted by molar-refractivity contribution is 6.73. The summed E-state index contributed by atoms with van der Waals surface area (Å²) in [6.45, 7) is 15.6. The normalized spacial score (nSPS) is 14.2. The zero-order valence-electron chi connectivity index (χ0n) is 12.9. The number of benzene rings is 1. The van der Waals surface area contributed by atoms with Crippen molar-refractivity contribution in [2.75, 3.05) is 6.54 Å². The zero-order valence-corrected chi connectivity index (χ0v) is 13.9. The summed E-state index contributed by atoms with van der Waals surface area (Å²) in [6.07, 6.45) is 1.17. The maximum atomic E-state index is 2.77. The fraction of sp³-hybridized carbons (Fsp3) is 0.625. The molecule has 0 aromatic heterocycles. The third kappa shape index (κ3) is 4.58. The van der Waals surface area contributed by atoms with E-state index >= 15 is 0 Å². The van der Waals surface area contributed by atoms with Crippen LogP contribution in [0.3, 0.4) is 0 Å². The summed E-state index contributed by atoms with van der Waals surface area (Å²) in [5, 5.41) is 0. The molecule has 0 heterocycles. The molecule has 0 aliphatic carbocycles. The van der Waals surface area contributed by atoms with E-state index in [0.29, 0.717) is 6.04 Å². The van der Waals surface area contributed by atoms with Crippen molar-refractivity contribution in [2.24, 2.45) is 5.92 Å². The van der Waals surface area contributed by atoms with Crippen LogP contribution >= 0.6 is 0 Å². The van der Waals surface area contributed by atoms with Crippen LogP contribution < -0.4 is 0 Å². The Morgan fingerprint density at radius 1 is 1.00 bits per heavy atom. The highest BCUT2D eigenvalue weighted by atomic mass is 28.3. The van der Waals surface area contributed by atoms with Gasteiger partial charge in [-0.2, -0.15) is 0 Å².